The van der Waals surface area contributed by atoms with Crippen LogP contribution in [0.1, 0.15) is 11.3 Å². The summed E-state index contributed by atoms with van der Waals surface area (Å²) in [7, 11) is 0. The van der Waals surface area contributed by atoms with Gasteiger partial charge in [0.05, 0.1) is 12.1 Å². The van der Waals surface area contributed by atoms with Crippen LogP contribution in [0, 0.1) is 6.92 Å². The van der Waals surface area contributed by atoms with Crippen molar-refractivity contribution in [1.29, 1.82) is 0 Å². The fourth-order valence-corrected chi connectivity index (χ4v) is 3.48. The van der Waals surface area contributed by atoms with Gasteiger partial charge in [-0.15, -0.1) is 0 Å². The standard InChI is InChI=1S/C20H21ClN6O/c1-15-6-7-27(24-15)19-13-18(22-14-23-19)25-8-10-26(11-9-25)20(28)12-16-4-2-3-5-17(16)21/h2-7,13-14H,8-12H2,1H3. The van der Waals surface area contributed by atoms with Crippen LogP contribution in [-0.2, 0) is 11.2 Å². The molecule has 144 valence electrons. The number of carbonyl (C=O) groups is 1. The van der Waals surface area contributed by atoms with Gasteiger partial charge in [-0.3, -0.25) is 4.79 Å². The zero-order chi connectivity index (χ0) is 19.5. The Kier molecular flexibility index (Phi) is 5.25. The third-order valence-corrected chi connectivity index (χ3v) is 5.22. The fraction of sp³-hybridized carbons (Fsp3) is 0.300. The van der Waals surface area contributed by atoms with Gasteiger partial charge in [0.15, 0.2) is 5.82 Å². The Morgan fingerprint density at radius 1 is 1.07 bits per heavy atom. The lowest BCUT2D eigenvalue weighted by atomic mass is 10.1. The molecule has 0 saturated carbocycles. The van der Waals surface area contributed by atoms with Crippen molar-refractivity contribution in [3.8, 4) is 5.82 Å². The van der Waals surface area contributed by atoms with Gasteiger partial charge >= 0.3 is 0 Å². The molecule has 3 aromatic rings. The van der Waals surface area contributed by atoms with Crippen molar-refractivity contribution in [3.63, 3.8) is 0 Å². The van der Waals surface area contributed by atoms with Crippen LogP contribution in [0.25, 0.3) is 5.82 Å². The third kappa shape index (κ3) is 3.99. The molecule has 8 heteroatoms. The Balaban J connectivity index is 1.39. The minimum atomic E-state index is 0.100. The first-order valence-corrected chi connectivity index (χ1v) is 9.59. The summed E-state index contributed by atoms with van der Waals surface area (Å²) in [6.07, 6.45) is 3.76. The zero-order valence-electron chi connectivity index (χ0n) is 15.6. The zero-order valence-corrected chi connectivity index (χ0v) is 16.4. The molecule has 0 atom stereocenters. The maximum atomic E-state index is 12.6. The van der Waals surface area contributed by atoms with E-state index in [0.717, 1.165) is 36.0 Å². The lowest BCUT2D eigenvalue weighted by molar-refractivity contribution is -0.130. The molecule has 3 heterocycles. The van der Waals surface area contributed by atoms with Crippen molar-refractivity contribution in [2.45, 2.75) is 13.3 Å². The Morgan fingerprint density at radius 2 is 1.82 bits per heavy atom. The van der Waals surface area contributed by atoms with E-state index in [2.05, 4.69) is 20.0 Å². The van der Waals surface area contributed by atoms with Crippen molar-refractivity contribution in [3.05, 3.63) is 65.2 Å². The number of rotatable bonds is 4. The first-order chi connectivity index (χ1) is 13.6. The first-order valence-electron chi connectivity index (χ1n) is 9.21. The van der Waals surface area contributed by atoms with Gasteiger partial charge in [0.1, 0.15) is 12.1 Å². The number of piperazine rings is 1. The normalized spacial score (nSPS) is 14.4. The van der Waals surface area contributed by atoms with Gasteiger partial charge in [0.2, 0.25) is 5.91 Å². The molecule has 0 bridgehead atoms. The van der Waals surface area contributed by atoms with E-state index in [1.807, 2.05) is 54.4 Å². The highest BCUT2D eigenvalue weighted by molar-refractivity contribution is 6.31. The molecule has 1 saturated heterocycles. The number of nitrogens with zero attached hydrogens (tertiary/aromatic N) is 6. The van der Waals surface area contributed by atoms with Gasteiger partial charge in [0.25, 0.3) is 0 Å². The molecule has 1 aliphatic rings. The Morgan fingerprint density at radius 3 is 2.54 bits per heavy atom. The van der Waals surface area contributed by atoms with E-state index in [1.165, 1.54) is 0 Å². The summed E-state index contributed by atoms with van der Waals surface area (Å²) in [4.78, 5) is 25.4. The van der Waals surface area contributed by atoms with Crippen molar-refractivity contribution >= 4 is 23.3 Å². The van der Waals surface area contributed by atoms with Crippen LogP contribution < -0.4 is 4.90 Å². The van der Waals surface area contributed by atoms with Crippen LogP contribution in [0.15, 0.2) is 48.9 Å². The number of benzene rings is 1. The van der Waals surface area contributed by atoms with Gasteiger partial charge in [-0.05, 0) is 24.6 Å². The minimum Gasteiger partial charge on any atom is -0.353 e. The smallest absolute Gasteiger partial charge is 0.227 e. The van der Waals surface area contributed by atoms with E-state index in [-0.39, 0.29) is 5.91 Å². The van der Waals surface area contributed by atoms with Crippen molar-refractivity contribution in [2.75, 3.05) is 31.1 Å². The van der Waals surface area contributed by atoms with Gasteiger partial charge in [-0.25, -0.2) is 14.6 Å². The highest BCUT2D eigenvalue weighted by Gasteiger charge is 2.23. The van der Waals surface area contributed by atoms with Crippen molar-refractivity contribution < 1.29 is 4.79 Å². The summed E-state index contributed by atoms with van der Waals surface area (Å²) in [5.41, 5.74) is 1.80. The van der Waals surface area contributed by atoms with Gasteiger partial charge < -0.3 is 9.80 Å². The molecule has 7 nitrogen and oxygen atoms in total. The summed E-state index contributed by atoms with van der Waals surface area (Å²) in [5, 5.41) is 5.03. The molecule has 1 amide bonds. The van der Waals surface area contributed by atoms with E-state index >= 15 is 0 Å². The van der Waals surface area contributed by atoms with E-state index in [0.29, 0.717) is 24.5 Å². The number of hydrogen-bond donors (Lipinski definition) is 0. The maximum Gasteiger partial charge on any atom is 0.227 e. The third-order valence-electron chi connectivity index (χ3n) is 4.85. The summed E-state index contributed by atoms with van der Waals surface area (Å²) < 4.78 is 1.74. The summed E-state index contributed by atoms with van der Waals surface area (Å²) in [6.45, 7) is 4.70. The highest BCUT2D eigenvalue weighted by Crippen LogP contribution is 2.19. The lowest BCUT2D eigenvalue weighted by Crippen LogP contribution is -2.49. The summed E-state index contributed by atoms with van der Waals surface area (Å²) in [5.74, 6) is 1.68. The van der Waals surface area contributed by atoms with E-state index < -0.39 is 0 Å². The van der Waals surface area contributed by atoms with Crippen LogP contribution in [0.3, 0.4) is 0 Å². The van der Waals surface area contributed by atoms with E-state index in [1.54, 1.807) is 11.0 Å². The van der Waals surface area contributed by atoms with Crippen LogP contribution >= 0.6 is 11.6 Å². The van der Waals surface area contributed by atoms with Crippen LogP contribution in [0.4, 0.5) is 5.82 Å². The predicted octanol–water partition coefficient (Wildman–Crippen LogP) is 2.52. The van der Waals surface area contributed by atoms with Crippen molar-refractivity contribution in [1.82, 2.24) is 24.6 Å². The SMILES string of the molecule is Cc1ccn(-c2cc(N3CCN(C(=O)Cc4ccccc4Cl)CC3)ncn2)n1. The second-order valence-electron chi connectivity index (χ2n) is 6.77. The van der Waals surface area contributed by atoms with Crippen LogP contribution in [-0.4, -0.2) is 56.7 Å². The molecular formula is C20H21ClN6O. The Hall–Kier alpha value is -2.93. The molecule has 28 heavy (non-hydrogen) atoms. The summed E-state index contributed by atoms with van der Waals surface area (Å²) >= 11 is 6.18. The number of amides is 1. The van der Waals surface area contributed by atoms with Gasteiger partial charge in [-0.2, -0.15) is 5.10 Å². The van der Waals surface area contributed by atoms with Gasteiger partial charge in [-0.1, -0.05) is 29.8 Å². The second kappa shape index (κ2) is 7.98. The van der Waals surface area contributed by atoms with E-state index in [9.17, 15) is 4.79 Å². The highest BCUT2D eigenvalue weighted by atomic mass is 35.5. The van der Waals surface area contributed by atoms with Crippen LogP contribution in [0.2, 0.25) is 5.02 Å². The maximum absolute atomic E-state index is 12.6. The number of anilines is 1. The lowest BCUT2D eigenvalue weighted by Gasteiger charge is -2.35. The molecular weight excluding hydrogens is 376 g/mol. The predicted molar refractivity (Wildman–Crippen MR) is 108 cm³/mol. The average molecular weight is 397 g/mol. The molecule has 4 rings (SSSR count). The first kappa shape index (κ1) is 18.4. The molecule has 0 spiro atoms. The number of hydrogen-bond acceptors (Lipinski definition) is 5. The molecule has 0 unspecified atom stereocenters. The number of aromatic nitrogens is 4. The summed E-state index contributed by atoms with van der Waals surface area (Å²) in [6, 6.07) is 11.3. The molecule has 2 aromatic heterocycles. The monoisotopic (exact) mass is 396 g/mol. The molecule has 0 aliphatic carbocycles. The number of carbonyl (C=O) groups excluding carboxylic acids is 1. The fourth-order valence-electron chi connectivity index (χ4n) is 3.28. The largest absolute Gasteiger partial charge is 0.353 e. The number of halogens is 1. The van der Waals surface area contributed by atoms with Crippen LogP contribution in [0.5, 0.6) is 0 Å². The Labute approximate surface area is 168 Å². The molecule has 1 fully saturated rings. The topological polar surface area (TPSA) is 67.2 Å². The Bertz CT molecular complexity index is 980. The average Bonchev–Trinajstić information content (AvgIpc) is 3.16. The number of aryl methyl sites for hydroxylation is 1. The molecule has 1 aliphatic heterocycles. The van der Waals surface area contributed by atoms with E-state index in [4.69, 9.17) is 11.6 Å². The minimum absolute atomic E-state index is 0.100. The van der Waals surface area contributed by atoms with Gasteiger partial charge in [0, 0.05) is 43.5 Å². The second-order valence-corrected chi connectivity index (χ2v) is 7.18. The molecule has 0 radical (unpaired) electrons. The molecule has 1 aromatic carbocycles. The quantitative estimate of drug-likeness (QED) is 0.677. The molecule has 0 N–H and O–H groups in total. The van der Waals surface area contributed by atoms with Crippen molar-refractivity contribution in [2.24, 2.45) is 0 Å².